The number of hydrogen-bond donors (Lipinski definition) is 0. The molecule has 1 unspecified atom stereocenters. The first kappa shape index (κ1) is 22.3. The Balaban J connectivity index is 1.54. The van der Waals surface area contributed by atoms with Crippen LogP contribution in [-0.2, 0) is 23.2 Å². The normalized spacial score (nSPS) is 16.1. The Hall–Kier alpha value is -3.46. The van der Waals surface area contributed by atoms with Crippen LogP contribution >= 0.6 is 0 Å². The minimum absolute atomic E-state index is 0.0156. The Labute approximate surface area is 195 Å². The van der Waals surface area contributed by atoms with E-state index < -0.39 is 28.8 Å². The van der Waals surface area contributed by atoms with Gasteiger partial charge in [-0.3, -0.25) is 0 Å². The molecule has 5 nitrogen and oxygen atoms in total. The highest BCUT2D eigenvalue weighted by molar-refractivity contribution is 7.92. The zero-order valence-electron chi connectivity index (χ0n) is 18.2. The molecule has 34 heavy (non-hydrogen) atoms. The van der Waals surface area contributed by atoms with Crippen LogP contribution in [0.4, 0.5) is 19.0 Å². The molecule has 176 valence electrons. The van der Waals surface area contributed by atoms with E-state index in [2.05, 4.69) is 0 Å². The average molecular weight is 487 g/mol. The fourth-order valence-corrected chi connectivity index (χ4v) is 5.82. The maximum atomic E-state index is 13.9. The van der Waals surface area contributed by atoms with E-state index in [1.807, 2.05) is 30.3 Å². The van der Waals surface area contributed by atoms with E-state index >= 15 is 0 Å². The molecule has 0 N–H and O–H groups in total. The zero-order chi connectivity index (χ0) is 24.1. The Bertz CT molecular complexity index is 1450. The topological polar surface area (TPSA) is 51.5 Å². The lowest BCUT2D eigenvalue weighted by Crippen LogP contribution is -2.47. The van der Waals surface area contributed by atoms with Gasteiger partial charge in [0, 0.05) is 5.39 Å². The number of hydrogen-bond acceptors (Lipinski definition) is 3. The predicted octanol–water partition coefficient (Wildman–Crippen LogP) is 5.67. The number of halogens is 3. The standard InChI is InChI=1S/C25H21F3N2O3S/c1-17-7-10-21(11-8-17)34(31,32)30-23(25(26,27)28)15-29-22-12-9-20(13-19(22)14-24(29)30)33-16-18-5-3-2-4-6-18/h2-14,23H,15-16H2,1H3. The fraction of sp³-hybridized carbons (Fsp3) is 0.200. The lowest BCUT2D eigenvalue weighted by molar-refractivity contribution is -0.145. The average Bonchev–Trinajstić information content (AvgIpc) is 3.35. The summed E-state index contributed by atoms with van der Waals surface area (Å²) >= 11 is 0. The summed E-state index contributed by atoms with van der Waals surface area (Å²) in [7, 11) is -4.44. The molecule has 0 amide bonds. The maximum absolute atomic E-state index is 13.9. The van der Waals surface area contributed by atoms with Gasteiger partial charge in [-0.1, -0.05) is 48.0 Å². The van der Waals surface area contributed by atoms with Crippen LogP contribution in [0.25, 0.3) is 10.9 Å². The van der Waals surface area contributed by atoms with Gasteiger partial charge in [-0.2, -0.15) is 13.2 Å². The van der Waals surface area contributed by atoms with Crippen molar-refractivity contribution < 1.29 is 26.3 Å². The quantitative estimate of drug-likeness (QED) is 0.365. The van der Waals surface area contributed by atoms with Gasteiger partial charge < -0.3 is 9.30 Å². The molecule has 0 bridgehead atoms. The number of anilines is 1. The molecule has 0 fully saturated rings. The summed E-state index contributed by atoms with van der Waals surface area (Å²) in [6, 6.07) is 19.7. The van der Waals surface area contributed by atoms with Crippen molar-refractivity contribution in [2.24, 2.45) is 0 Å². The van der Waals surface area contributed by atoms with Gasteiger partial charge in [0.15, 0.2) is 6.04 Å². The second-order valence-corrected chi connectivity index (χ2v) is 10.1. The number of benzene rings is 3. The molecule has 1 aromatic heterocycles. The molecule has 1 aliphatic heterocycles. The Morgan fingerprint density at radius 3 is 2.35 bits per heavy atom. The highest BCUT2D eigenvalue weighted by atomic mass is 32.2. The lowest BCUT2D eigenvalue weighted by atomic mass is 10.2. The number of aromatic nitrogens is 1. The third kappa shape index (κ3) is 3.90. The number of sulfonamides is 1. The van der Waals surface area contributed by atoms with Gasteiger partial charge >= 0.3 is 6.18 Å². The first-order valence-electron chi connectivity index (χ1n) is 10.6. The summed E-state index contributed by atoms with van der Waals surface area (Å²) in [4.78, 5) is -0.182. The van der Waals surface area contributed by atoms with Gasteiger partial charge in [0.05, 0.1) is 17.0 Å². The number of nitrogens with zero attached hydrogens (tertiary/aromatic N) is 2. The summed E-state index contributed by atoms with van der Waals surface area (Å²) in [6.07, 6.45) is -4.73. The van der Waals surface area contributed by atoms with Gasteiger partial charge in [0.25, 0.3) is 10.0 Å². The highest BCUT2D eigenvalue weighted by Gasteiger charge is 2.53. The molecule has 0 saturated heterocycles. The lowest BCUT2D eigenvalue weighted by Gasteiger charge is -2.27. The third-order valence-corrected chi connectivity index (χ3v) is 7.75. The van der Waals surface area contributed by atoms with Crippen molar-refractivity contribution >= 4 is 26.7 Å². The Morgan fingerprint density at radius 2 is 1.68 bits per heavy atom. The molecule has 4 aromatic rings. The van der Waals surface area contributed by atoms with Gasteiger partial charge in [0.1, 0.15) is 18.2 Å². The molecule has 0 radical (unpaired) electrons. The summed E-state index contributed by atoms with van der Waals surface area (Å²) in [5.74, 6) is 0.527. The Kier molecular flexibility index (Phi) is 5.31. The maximum Gasteiger partial charge on any atom is 0.411 e. The van der Waals surface area contributed by atoms with Crippen molar-refractivity contribution in [1.29, 1.82) is 0 Å². The van der Waals surface area contributed by atoms with E-state index in [-0.39, 0.29) is 10.7 Å². The summed E-state index contributed by atoms with van der Waals surface area (Å²) in [5.41, 5.74) is 2.30. The summed E-state index contributed by atoms with van der Waals surface area (Å²) in [5, 5.41) is 0.602. The van der Waals surface area contributed by atoms with Gasteiger partial charge in [-0.15, -0.1) is 0 Å². The molecule has 1 aliphatic rings. The van der Waals surface area contributed by atoms with Crippen molar-refractivity contribution in [2.45, 2.75) is 37.2 Å². The minimum atomic E-state index is -4.73. The molecule has 9 heteroatoms. The SMILES string of the molecule is Cc1ccc(S(=O)(=O)N2c3cc4cc(OCc5ccccc5)ccc4n3CC2C(F)(F)F)cc1. The molecule has 2 heterocycles. The molecule has 5 rings (SSSR count). The van der Waals surface area contributed by atoms with E-state index in [1.54, 1.807) is 37.3 Å². The molecule has 1 atom stereocenters. The largest absolute Gasteiger partial charge is 0.489 e. The number of ether oxygens (including phenoxy) is 1. The zero-order valence-corrected chi connectivity index (χ0v) is 19.0. The first-order valence-corrected chi connectivity index (χ1v) is 12.1. The van der Waals surface area contributed by atoms with Crippen molar-refractivity contribution in [3.8, 4) is 5.75 Å². The second-order valence-electron chi connectivity index (χ2n) is 8.28. The molecule has 3 aromatic carbocycles. The number of alkyl halides is 3. The van der Waals surface area contributed by atoms with Crippen LogP contribution in [0.3, 0.4) is 0 Å². The van der Waals surface area contributed by atoms with E-state index in [1.165, 1.54) is 22.8 Å². The molecular formula is C25H21F3N2O3S. The van der Waals surface area contributed by atoms with Crippen LogP contribution < -0.4 is 9.04 Å². The third-order valence-electron chi connectivity index (χ3n) is 5.92. The molecule has 0 saturated carbocycles. The number of aryl methyl sites for hydroxylation is 1. The van der Waals surface area contributed by atoms with E-state index in [4.69, 9.17) is 4.74 Å². The van der Waals surface area contributed by atoms with Gasteiger partial charge in [0.2, 0.25) is 0 Å². The number of fused-ring (bicyclic) bond motifs is 3. The minimum Gasteiger partial charge on any atom is -0.489 e. The summed E-state index contributed by atoms with van der Waals surface area (Å²) in [6.45, 7) is 1.60. The van der Waals surface area contributed by atoms with Crippen molar-refractivity contribution in [1.82, 2.24) is 4.57 Å². The van der Waals surface area contributed by atoms with Crippen molar-refractivity contribution in [3.05, 3.63) is 90.0 Å². The highest BCUT2D eigenvalue weighted by Crippen LogP contribution is 2.43. The van der Waals surface area contributed by atoms with Crippen molar-refractivity contribution in [2.75, 3.05) is 4.31 Å². The van der Waals surface area contributed by atoms with Gasteiger partial charge in [-0.05, 0) is 48.9 Å². The molecular weight excluding hydrogens is 465 g/mol. The Morgan fingerprint density at radius 1 is 0.971 bits per heavy atom. The van der Waals surface area contributed by atoms with E-state index in [0.29, 0.717) is 27.6 Å². The van der Waals surface area contributed by atoms with Gasteiger partial charge in [-0.25, -0.2) is 12.7 Å². The van der Waals surface area contributed by atoms with E-state index in [9.17, 15) is 21.6 Å². The summed E-state index contributed by atoms with van der Waals surface area (Å²) < 4.78 is 76.3. The van der Waals surface area contributed by atoms with Crippen LogP contribution in [0.5, 0.6) is 5.75 Å². The predicted molar refractivity (Wildman–Crippen MR) is 123 cm³/mol. The van der Waals surface area contributed by atoms with Crippen LogP contribution in [0.2, 0.25) is 0 Å². The number of rotatable bonds is 5. The van der Waals surface area contributed by atoms with E-state index in [0.717, 1.165) is 11.1 Å². The molecule has 0 spiro atoms. The van der Waals surface area contributed by atoms with Crippen LogP contribution in [-0.4, -0.2) is 25.2 Å². The monoisotopic (exact) mass is 486 g/mol. The first-order chi connectivity index (χ1) is 16.1. The molecule has 0 aliphatic carbocycles. The second kappa shape index (κ2) is 8.09. The van der Waals surface area contributed by atoms with Crippen molar-refractivity contribution in [3.63, 3.8) is 0 Å². The smallest absolute Gasteiger partial charge is 0.411 e. The van der Waals surface area contributed by atoms with Crippen LogP contribution in [0.1, 0.15) is 11.1 Å². The van der Waals surface area contributed by atoms with Crippen LogP contribution in [0.15, 0.2) is 83.8 Å². The van der Waals surface area contributed by atoms with Crippen LogP contribution in [0, 0.1) is 6.92 Å². The fourth-order valence-electron chi connectivity index (χ4n) is 4.20.